The topological polar surface area (TPSA) is 74.3 Å². The van der Waals surface area contributed by atoms with Crippen molar-refractivity contribution in [3.8, 4) is 0 Å². The number of carbonyl (C=O) groups is 2. The van der Waals surface area contributed by atoms with E-state index in [1.165, 1.54) is 24.2 Å². The predicted octanol–water partition coefficient (Wildman–Crippen LogP) is 2.02. The summed E-state index contributed by atoms with van der Waals surface area (Å²) in [5.74, 6) is -0.114. The van der Waals surface area contributed by atoms with Crippen LogP contribution in [0.5, 0.6) is 0 Å². The van der Waals surface area contributed by atoms with Crippen LogP contribution in [-0.2, 0) is 16.0 Å². The number of hydrogen-bond donors (Lipinski definition) is 2. The number of nitrogens with one attached hydrogen (secondary N) is 2. The largest absolute Gasteiger partial charge is 0.353 e. The quantitative estimate of drug-likeness (QED) is 0.823. The molecule has 0 aromatic carbocycles. The number of rotatable bonds is 6. The molecule has 0 spiro atoms. The van der Waals surface area contributed by atoms with E-state index in [4.69, 9.17) is 0 Å². The fourth-order valence-corrected chi connectivity index (χ4v) is 3.70. The van der Waals surface area contributed by atoms with Crippen molar-refractivity contribution in [3.05, 3.63) is 11.1 Å². The van der Waals surface area contributed by atoms with E-state index in [1.54, 1.807) is 0 Å². The SMILES string of the molecule is CC(C)C(=O)Nc1nc(CC(=O)NC2CCN(C3CC3)CC2)cs1. The van der Waals surface area contributed by atoms with Crippen LogP contribution in [0.25, 0.3) is 0 Å². The first-order chi connectivity index (χ1) is 11.5. The highest BCUT2D eigenvalue weighted by Gasteiger charge is 2.32. The number of anilines is 1. The van der Waals surface area contributed by atoms with Crippen molar-refractivity contribution < 1.29 is 9.59 Å². The lowest BCUT2D eigenvalue weighted by Crippen LogP contribution is -2.45. The Morgan fingerprint density at radius 3 is 2.62 bits per heavy atom. The van der Waals surface area contributed by atoms with E-state index >= 15 is 0 Å². The van der Waals surface area contributed by atoms with Crippen LogP contribution < -0.4 is 10.6 Å². The summed E-state index contributed by atoms with van der Waals surface area (Å²) in [5, 5.41) is 8.30. The van der Waals surface area contributed by atoms with Crippen molar-refractivity contribution in [1.82, 2.24) is 15.2 Å². The maximum Gasteiger partial charge on any atom is 0.228 e. The first-order valence-corrected chi connectivity index (χ1v) is 9.68. The van der Waals surface area contributed by atoms with Gasteiger partial charge in [0.25, 0.3) is 0 Å². The molecule has 2 amide bonds. The maximum atomic E-state index is 12.2. The second-order valence-corrected chi connectivity index (χ2v) is 7.93. The van der Waals surface area contributed by atoms with Crippen LogP contribution in [-0.4, -0.2) is 46.9 Å². The minimum atomic E-state index is -0.0813. The zero-order chi connectivity index (χ0) is 17.1. The average molecular weight is 350 g/mol. The van der Waals surface area contributed by atoms with Crippen molar-refractivity contribution in [3.63, 3.8) is 0 Å². The van der Waals surface area contributed by atoms with Gasteiger partial charge in [0, 0.05) is 36.5 Å². The summed E-state index contributed by atoms with van der Waals surface area (Å²) in [7, 11) is 0. The molecule has 0 radical (unpaired) electrons. The summed E-state index contributed by atoms with van der Waals surface area (Å²) >= 11 is 1.36. The number of hydrogen-bond acceptors (Lipinski definition) is 5. The van der Waals surface area contributed by atoms with Gasteiger partial charge in [-0.2, -0.15) is 0 Å². The van der Waals surface area contributed by atoms with Gasteiger partial charge in [0.2, 0.25) is 11.8 Å². The van der Waals surface area contributed by atoms with Gasteiger partial charge in [-0.05, 0) is 25.7 Å². The molecule has 7 heteroatoms. The first-order valence-electron chi connectivity index (χ1n) is 8.80. The highest BCUT2D eigenvalue weighted by atomic mass is 32.1. The lowest BCUT2D eigenvalue weighted by atomic mass is 10.0. The van der Waals surface area contributed by atoms with Crippen LogP contribution in [0.3, 0.4) is 0 Å². The molecule has 1 aromatic heterocycles. The molecular formula is C17H26N4O2S. The third kappa shape index (κ3) is 4.77. The summed E-state index contributed by atoms with van der Waals surface area (Å²) in [6, 6.07) is 1.10. The molecule has 2 N–H and O–H groups in total. The molecule has 6 nitrogen and oxygen atoms in total. The minimum Gasteiger partial charge on any atom is -0.353 e. The molecule has 0 unspecified atom stereocenters. The van der Waals surface area contributed by atoms with Crippen molar-refractivity contribution >= 4 is 28.3 Å². The second-order valence-electron chi connectivity index (χ2n) is 7.07. The molecule has 3 rings (SSSR count). The molecular weight excluding hydrogens is 324 g/mol. The zero-order valence-corrected chi connectivity index (χ0v) is 15.2. The summed E-state index contributed by atoms with van der Waals surface area (Å²) < 4.78 is 0. The van der Waals surface area contributed by atoms with Crippen LogP contribution in [0.1, 0.15) is 45.2 Å². The molecule has 0 bridgehead atoms. The Balaban J connectivity index is 1.42. The van der Waals surface area contributed by atoms with Gasteiger partial charge in [0.1, 0.15) is 0 Å². The normalized spacial score (nSPS) is 19.5. The van der Waals surface area contributed by atoms with E-state index in [9.17, 15) is 9.59 Å². The molecule has 132 valence electrons. The van der Waals surface area contributed by atoms with E-state index in [-0.39, 0.29) is 30.2 Å². The van der Waals surface area contributed by atoms with Gasteiger partial charge < -0.3 is 15.5 Å². The molecule has 1 saturated heterocycles. The van der Waals surface area contributed by atoms with E-state index in [2.05, 4.69) is 20.5 Å². The second kappa shape index (κ2) is 7.61. The Morgan fingerprint density at radius 1 is 1.29 bits per heavy atom. The molecule has 0 atom stereocenters. The van der Waals surface area contributed by atoms with Gasteiger partial charge in [-0.25, -0.2) is 4.98 Å². The number of piperidine rings is 1. The molecule has 1 aliphatic carbocycles. The van der Waals surface area contributed by atoms with Crippen LogP contribution in [0.15, 0.2) is 5.38 Å². The maximum absolute atomic E-state index is 12.2. The van der Waals surface area contributed by atoms with Gasteiger partial charge in [-0.1, -0.05) is 13.8 Å². The highest BCUT2D eigenvalue weighted by Crippen LogP contribution is 2.29. The van der Waals surface area contributed by atoms with Gasteiger partial charge in [-0.15, -0.1) is 11.3 Å². The highest BCUT2D eigenvalue weighted by molar-refractivity contribution is 7.13. The fourth-order valence-electron chi connectivity index (χ4n) is 2.99. The molecule has 2 fully saturated rings. The van der Waals surface area contributed by atoms with E-state index in [0.29, 0.717) is 10.8 Å². The number of thiazole rings is 1. The standard InChI is InChI=1S/C17H26N4O2S/c1-11(2)16(23)20-17-19-13(10-24-17)9-15(22)18-12-5-7-21(8-6-12)14-3-4-14/h10-12,14H,3-9H2,1-2H3,(H,18,22)(H,19,20,23). The summed E-state index contributed by atoms with van der Waals surface area (Å²) in [6.07, 6.45) is 5.04. The third-order valence-electron chi connectivity index (χ3n) is 4.61. The Kier molecular flexibility index (Phi) is 5.50. The molecule has 2 aliphatic rings. The average Bonchev–Trinajstić information content (AvgIpc) is 3.30. The van der Waals surface area contributed by atoms with Crippen LogP contribution in [0.2, 0.25) is 0 Å². The van der Waals surface area contributed by atoms with Crippen molar-refractivity contribution in [2.75, 3.05) is 18.4 Å². The van der Waals surface area contributed by atoms with Gasteiger partial charge in [0.05, 0.1) is 12.1 Å². The van der Waals surface area contributed by atoms with E-state index < -0.39 is 0 Å². The number of carbonyl (C=O) groups excluding carboxylic acids is 2. The van der Waals surface area contributed by atoms with Crippen LogP contribution in [0.4, 0.5) is 5.13 Å². The number of aromatic nitrogens is 1. The van der Waals surface area contributed by atoms with Crippen LogP contribution in [0, 0.1) is 5.92 Å². The Bertz CT molecular complexity index is 589. The Labute approximate surface area is 147 Å². The van der Waals surface area contributed by atoms with Crippen LogP contribution >= 0.6 is 11.3 Å². The molecule has 1 aromatic rings. The minimum absolute atomic E-state index is 0.0203. The molecule has 1 saturated carbocycles. The van der Waals surface area contributed by atoms with Crippen molar-refractivity contribution in [2.24, 2.45) is 5.92 Å². The van der Waals surface area contributed by atoms with Gasteiger partial charge in [0.15, 0.2) is 5.13 Å². The smallest absolute Gasteiger partial charge is 0.228 e. The Morgan fingerprint density at radius 2 is 2.00 bits per heavy atom. The summed E-state index contributed by atoms with van der Waals surface area (Å²) in [6.45, 7) is 5.87. The monoisotopic (exact) mass is 350 g/mol. The molecule has 2 heterocycles. The zero-order valence-electron chi connectivity index (χ0n) is 14.4. The van der Waals surface area contributed by atoms with Crippen molar-refractivity contribution in [2.45, 2.75) is 58.0 Å². The van der Waals surface area contributed by atoms with E-state index in [1.807, 2.05) is 19.2 Å². The Hall–Kier alpha value is -1.47. The molecule has 24 heavy (non-hydrogen) atoms. The predicted molar refractivity (Wildman–Crippen MR) is 95.0 cm³/mol. The number of amides is 2. The summed E-state index contributed by atoms with van der Waals surface area (Å²) in [5.41, 5.74) is 0.715. The molecule has 1 aliphatic heterocycles. The number of nitrogens with zero attached hydrogens (tertiary/aromatic N) is 2. The lowest BCUT2D eigenvalue weighted by Gasteiger charge is -2.32. The number of likely N-dealkylation sites (tertiary alicyclic amines) is 1. The lowest BCUT2D eigenvalue weighted by molar-refractivity contribution is -0.121. The van der Waals surface area contributed by atoms with Crippen molar-refractivity contribution in [1.29, 1.82) is 0 Å². The third-order valence-corrected chi connectivity index (χ3v) is 5.41. The van der Waals surface area contributed by atoms with Gasteiger partial charge in [-0.3, -0.25) is 9.59 Å². The van der Waals surface area contributed by atoms with E-state index in [0.717, 1.165) is 32.0 Å². The summed E-state index contributed by atoms with van der Waals surface area (Å²) in [4.78, 5) is 30.7. The fraction of sp³-hybridized carbons (Fsp3) is 0.706. The van der Waals surface area contributed by atoms with Gasteiger partial charge >= 0.3 is 0 Å². The first kappa shape index (κ1) is 17.4.